The third-order valence-corrected chi connectivity index (χ3v) is 2.77. The van der Waals surface area contributed by atoms with E-state index in [2.05, 4.69) is 0 Å². The maximum absolute atomic E-state index is 5.76. The second-order valence-electron chi connectivity index (χ2n) is 3.57. The Balaban J connectivity index is 3.28. The lowest BCUT2D eigenvalue weighted by Crippen LogP contribution is -1.95. The van der Waals surface area contributed by atoms with Gasteiger partial charge in [0.05, 0.1) is 21.3 Å². The number of hydrogen-bond donors (Lipinski definition) is 0. The summed E-state index contributed by atoms with van der Waals surface area (Å²) >= 11 is 5.76. The Hall–Kier alpha value is -1.35. The summed E-state index contributed by atoms with van der Waals surface area (Å²) in [5.41, 5.74) is 1.97. The quantitative estimate of drug-likeness (QED) is 0.756. The maximum Gasteiger partial charge on any atom is 0.164 e. The van der Waals surface area contributed by atoms with Crippen LogP contribution in [0.2, 0.25) is 0 Å². The molecule has 0 saturated carbocycles. The van der Waals surface area contributed by atoms with Crippen molar-refractivity contribution in [1.82, 2.24) is 0 Å². The molecule has 0 amide bonds. The van der Waals surface area contributed by atoms with Crippen molar-refractivity contribution in [3.8, 4) is 17.2 Å². The summed E-state index contributed by atoms with van der Waals surface area (Å²) < 4.78 is 15.8. The fourth-order valence-corrected chi connectivity index (χ4v) is 1.55. The molecule has 0 spiro atoms. The van der Waals surface area contributed by atoms with Gasteiger partial charge in [-0.2, -0.15) is 0 Å². The number of allylic oxidation sites excluding steroid dienone is 1. The Labute approximate surface area is 107 Å². The van der Waals surface area contributed by atoms with Crippen LogP contribution < -0.4 is 14.2 Å². The largest absolute Gasteiger partial charge is 0.496 e. The van der Waals surface area contributed by atoms with Gasteiger partial charge in [0, 0.05) is 17.5 Å². The van der Waals surface area contributed by atoms with Crippen LogP contribution in [-0.4, -0.2) is 27.2 Å². The first kappa shape index (κ1) is 13.7. The number of alkyl halides is 1. The molecule has 0 aliphatic rings. The van der Waals surface area contributed by atoms with Crippen LogP contribution in [0.15, 0.2) is 17.7 Å². The predicted molar refractivity (Wildman–Crippen MR) is 70.5 cm³/mol. The first-order valence-electron chi connectivity index (χ1n) is 5.19. The standard InChI is InChI=1S/C13H17ClO3/c1-9(8-14)5-10-6-12(16-3)13(17-4)7-11(10)15-2/h5-7H,8H2,1-4H3. The molecule has 4 heteroatoms. The van der Waals surface area contributed by atoms with Gasteiger partial charge in [0.15, 0.2) is 11.5 Å². The lowest BCUT2D eigenvalue weighted by Gasteiger charge is -2.12. The zero-order chi connectivity index (χ0) is 12.8. The van der Waals surface area contributed by atoms with E-state index in [9.17, 15) is 0 Å². The Bertz CT molecular complexity index is 413. The van der Waals surface area contributed by atoms with Crippen LogP contribution in [0.3, 0.4) is 0 Å². The van der Waals surface area contributed by atoms with Crippen LogP contribution in [0.1, 0.15) is 12.5 Å². The average Bonchev–Trinajstić information content (AvgIpc) is 2.37. The highest BCUT2D eigenvalue weighted by Gasteiger charge is 2.10. The fraction of sp³-hybridized carbons (Fsp3) is 0.385. The molecular formula is C13H17ClO3. The third kappa shape index (κ3) is 3.30. The Kier molecular flexibility index (Phi) is 5.16. The van der Waals surface area contributed by atoms with Crippen molar-refractivity contribution in [3.05, 3.63) is 23.3 Å². The van der Waals surface area contributed by atoms with E-state index in [0.717, 1.165) is 16.9 Å². The molecule has 0 bridgehead atoms. The van der Waals surface area contributed by atoms with E-state index >= 15 is 0 Å². The zero-order valence-electron chi connectivity index (χ0n) is 10.5. The van der Waals surface area contributed by atoms with Crippen molar-refractivity contribution in [3.63, 3.8) is 0 Å². The van der Waals surface area contributed by atoms with Crippen molar-refractivity contribution in [1.29, 1.82) is 0 Å². The molecule has 0 heterocycles. The Morgan fingerprint density at radius 3 is 2.06 bits per heavy atom. The second-order valence-corrected chi connectivity index (χ2v) is 3.84. The van der Waals surface area contributed by atoms with Crippen LogP contribution in [0.4, 0.5) is 0 Å². The highest BCUT2D eigenvalue weighted by molar-refractivity contribution is 6.19. The van der Waals surface area contributed by atoms with Crippen LogP contribution in [0, 0.1) is 0 Å². The van der Waals surface area contributed by atoms with Gasteiger partial charge in [-0.25, -0.2) is 0 Å². The molecule has 0 N–H and O–H groups in total. The lowest BCUT2D eigenvalue weighted by atomic mass is 10.1. The molecule has 0 fully saturated rings. The van der Waals surface area contributed by atoms with E-state index in [0.29, 0.717) is 17.4 Å². The Morgan fingerprint density at radius 2 is 1.59 bits per heavy atom. The van der Waals surface area contributed by atoms with Gasteiger partial charge in [0.1, 0.15) is 5.75 Å². The molecule has 3 nitrogen and oxygen atoms in total. The van der Waals surface area contributed by atoms with Crippen molar-refractivity contribution < 1.29 is 14.2 Å². The minimum atomic E-state index is 0.484. The molecule has 0 unspecified atom stereocenters. The van der Waals surface area contributed by atoms with Crippen molar-refractivity contribution in [2.24, 2.45) is 0 Å². The molecule has 0 aliphatic heterocycles. The van der Waals surface area contributed by atoms with Crippen molar-refractivity contribution in [2.45, 2.75) is 6.92 Å². The molecule has 1 aromatic carbocycles. The minimum absolute atomic E-state index is 0.484. The highest BCUT2D eigenvalue weighted by Crippen LogP contribution is 2.35. The van der Waals surface area contributed by atoms with E-state index in [1.807, 2.05) is 19.1 Å². The molecule has 1 aromatic rings. The van der Waals surface area contributed by atoms with Crippen LogP contribution >= 0.6 is 11.6 Å². The molecule has 94 valence electrons. The molecular weight excluding hydrogens is 240 g/mol. The maximum atomic E-state index is 5.76. The Morgan fingerprint density at radius 1 is 1.06 bits per heavy atom. The summed E-state index contributed by atoms with van der Waals surface area (Å²) in [6.07, 6.45) is 1.97. The first-order valence-corrected chi connectivity index (χ1v) is 5.72. The molecule has 1 rings (SSSR count). The number of halogens is 1. The summed E-state index contributed by atoms with van der Waals surface area (Å²) in [5, 5.41) is 0. The van der Waals surface area contributed by atoms with Gasteiger partial charge in [-0.15, -0.1) is 11.6 Å². The topological polar surface area (TPSA) is 27.7 Å². The van der Waals surface area contributed by atoms with Gasteiger partial charge >= 0.3 is 0 Å². The van der Waals surface area contributed by atoms with Gasteiger partial charge in [0.25, 0.3) is 0 Å². The number of benzene rings is 1. The average molecular weight is 257 g/mol. The van der Waals surface area contributed by atoms with Gasteiger partial charge in [-0.3, -0.25) is 0 Å². The number of ether oxygens (including phenoxy) is 3. The molecule has 0 aliphatic carbocycles. The second kappa shape index (κ2) is 6.40. The van der Waals surface area contributed by atoms with E-state index in [-0.39, 0.29) is 0 Å². The zero-order valence-corrected chi connectivity index (χ0v) is 11.3. The molecule has 17 heavy (non-hydrogen) atoms. The highest BCUT2D eigenvalue weighted by atomic mass is 35.5. The van der Waals surface area contributed by atoms with E-state index in [1.165, 1.54) is 0 Å². The van der Waals surface area contributed by atoms with Gasteiger partial charge in [-0.1, -0.05) is 11.6 Å². The number of hydrogen-bond acceptors (Lipinski definition) is 3. The molecule has 0 aromatic heterocycles. The van der Waals surface area contributed by atoms with E-state index in [4.69, 9.17) is 25.8 Å². The molecule has 0 radical (unpaired) electrons. The van der Waals surface area contributed by atoms with Crippen LogP contribution in [0.25, 0.3) is 6.08 Å². The lowest BCUT2D eigenvalue weighted by molar-refractivity contribution is 0.348. The van der Waals surface area contributed by atoms with Crippen LogP contribution in [0.5, 0.6) is 17.2 Å². The number of rotatable bonds is 5. The summed E-state index contributed by atoms with van der Waals surface area (Å²) in [6, 6.07) is 3.67. The van der Waals surface area contributed by atoms with Gasteiger partial charge in [-0.05, 0) is 13.0 Å². The van der Waals surface area contributed by atoms with E-state index in [1.54, 1.807) is 27.4 Å². The fourth-order valence-electron chi connectivity index (χ4n) is 1.47. The van der Waals surface area contributed by atoms with Crippen molar-refractivity contribution in [2.75, 3.05) is 27.2 Å². The summed E-state index contributed by atoms with van der Waals surface area (Å²) in [6.45, 7) is 1.96. The normalized spacial score (nSPS) is 11.2. The first-order chi connectivity index (χ1) is 8.15. The monoisotopic (exact) mass is 256 g/mol. The van der Waals surface area contributed by atoms with Gasteiger partial charge in [0.2, 0.25) is 0 Å². The van der Waals surface area contributed by atoms with Crippen LogP contribution in [-0.2, 0) is 0 Å². The van der Waals surface area contributed by atoms with E-state index < -0.39 is 0 Å². The summed E-state index contributed by atoms with van der Waals surface area (Å²) in [5.74, 6) is 2.52. The summed E-state index contributed by atoms with van der Waals surface area (Å²) in [4.78, 5) is 0. The summed E-state index contributed by atoms with van der Waals surface area (Å²) in [7, 11) is 4.82. The third-order valence-electron chi connectivity index (χ3n) is 2.35. The SMILES string of the molecule is COc1cc(OC)c(OC)cc1C=C(C)CCl. The number of methoxy groups -OCH3 is 3. The molecule has 0 atom stereocenters. The smallest absolute Gasteiger partial charge is 0.164 e. The molecule has 0 saturated heterocycles. The minimum Gasteiger partial charge on any atom is -0.496 e. The van der Waals surface area contributed by atoms with Crippen molar-refractivity contribution >= 4 is 17.7 Å². The predicted octanol–water partition coefficient (Wildman–Crippen LogP) is 3.35. The van der Waals surface area contributed by atoms with Gasteiger partial charge < -0.3 is 14.2 Å².